The van der Waals surface area contributed by atoms with Gasteiger partial charge >= 0.3 is 7.82 Å². The Morgan fingerprint density at radius 1 is 0.831 bits per heavy atom. The maximum Gasteiger partial charge on any atom is 0.472 e. The third kappa shape index (κ3) is 13.0. The van der Waals surface area contributed by atoms with Crippen molar-refractivity contribution in [2.24, 2.45) is 94.7 Å². The topological polar surface area (TPSA) is 480 Å². The number of nitrogens with two attached hydrogens (primary N) is 6. The molecule has 6 aliphatic rings. The molecule has 1 aromatic heterocycles. The number of phenols is 1. The molecule has 0 aliphatic carbocycles. The van der Waals surface area contributed by atoms with Gasteiger partial charge in [-0.05, 0) is 82.7 Å². The van der Waals surface area contributed by atoms with Crippen LogP contribution in [0.15, 0.2) is 73.8 Å². The van der Waals surface area contributed by atoms with Crippen LogP contribution in [0.2, 0.25) is 0 Å². The van der Waals surface area contributed by atoms with Crippen LogP contribution in [0, 0.1) is 45.3 Å². The number of phenolic OH excluding ortho intramolecular Hbond substituents is 1. The molecule has 0 saturated carbocycles. The standard InChI is InChI=1S/C60H86N13O15P/c1-28(87-89(84,85)88-51-39(26-74)86-55(50(51)83)73-27-68-37-20-31(75)10-14-38(37)73)25-67-47(82)18-19-57(6)35(21-44(64)79)54-60(9)59(8,24-46(66)81)34(13-17-43(63)78)49(72-60)30(3)53-58(7,23-45(65)80)32(11-15-41(61)76)36(69-53)22-40-56(4,5)33(12-16-42(62)77)48(70-40)29(2)52(57)71-54/h10,14,20,22,27-28,32-35,39,50-51,54-55,69,74-75,83H,11-13,15-19,21,23-26H2,1-9H3,(H2,61,76)(H2,62,77)(H2,63,78)(H2,64,79)(H2,65,80)(H2,66,81)(H,67,82)(H,84,85). The van der Waals surface area contributed by atoms with E-state index in [1.807, 2.05) is 61.5 Å². The fraction of sp³-hybridized carbons (Fsp3) is 0.617. The Hall–Kier alpha value is -7.20. The van der Waals surface area contributed by atoms with Gasteiger partial charge in [-0.1, -0.05) is 34.6 Å². The molecule has 2 fully saturated rings. The molecule has 18 N–H and O–H groups in total. The molecule has 7 heterocycles. The largest absolute Gasteiger partial charge is 0.508 e. The van der Waals surface area contributed by atoms with Crippen LogP contribution < -0.4 is 45.0 Å². The number of primary amides is 6. The van der Waals surface area contributed by atoms with Gasteiger partial charge in [0.25, 0.3) is 0 Å². The molecule has 2 saturated heterocycles. The maximum atomic E-state index is 14.3. The van der Waals surface area contributed by atoms with Gasteiger partial charge in [-0.3, -0.25) is 57.6 Å². The molecule has 6 aliphatic heterocycles. The third-order valence-electron chi connectivity index (χ3n) is 20.0. The Morgan fingerprint density at radius 2 is 1.45 bits per heavy atom. The number of aromatic nitrogens is 2. The number of hydrogen-bond acceptors (Lipinski definition) is 19. The average Bonchev–Trinajstić information content (AvgIpc) is 1.53. The molecule has 1 aromatic carbocycles. The van der Waals surface area contributed by atoms with Crippen LogP contribution in [0.4, 0.5) is 0 Å². The van der Waals surface area contributed by atoms with E-state index in [-0.39, 0.29) is 82.9 Å². The fourth-order valence-electron chi connectivity index (χ4n) is 15.2. The van der Waals surface area contributed by atoms with Crippen LogP contribution in [-0.4, -0.2) is 137 Å². The lowest BCUT2D eigenvalue weighted by Crippen LogP contribution is -2.56. The van der Waals surface area contributed by atoms with Crippen LogP contribution in [0.3, 0.4) is 0 Å². The van der Waals surface area contributed by atoms with Gasteiger partial charge in [0.2, 0.25) is 41.4 Å². The van der Waals surface area contributed by atoms with Gasteiger partial charge in [0.15, 0.2) is 6.23 Å². The monoisotopic (exact) mass is 1260 g/mol. The summed E-state index contributed by atoms with van der Waals surface area (Å²) in [5, 5.41) is 37.9. The Kier molecular flexibility index (Phi) is 19.2. The number of allylic oxidation sites excluding steroid dienone is 6. The normalized spacial score (nSPS) is 32.2. The SMILES string of the molecule is CC1=C2N=C(C=C3NC(=C(C)C4=NC(C)(C5N=C1C(C)(CCC(=O)NCC(C)OP(=O)(O)OC1C(CO)OC(n6cnc7cc(O)ccc76)C1O)C5CC(N)=O)C(C)(CC(N)=O)C4CCC(N)=O)C(C)(CC(N)=O)C3CCC(N)=O)C(C)(C)C2CCC(N)=O. The van der Waals surface area contributed by atoms with Crippen LogP contribution in [0.1, 0.15) is 139 Å². The first-order valence-electron chi connectivity index (χ1n) is 29.9. The number of benzene rings is 1. The Bertz CT molecular complexity index is 3480. The summed E-state index contributed by atoms with van der Waals surface area (Å²) in [6, 6.07) is 3.27. The Morgan fingerprint density at radius 3 is 2.04 bits per heavy atom. The molecule has 7 amide bonds. The number of fused-ring (bicyclic) bond motifs is 7. The summed E-state index contributed by atoms with van der Waals surface area (Å²) in [5.41, 5.74) is 34.8. The molecule has 28 nitrogen and oxygen atoms in total. The summed E-state index contributed by atoms with van der Waals surface area (Å²) in [4.78, 5) is 125. The minimum absolute atomic E-state index is 0.0233. The van der Waals surface area contributed by atoms with E-state index < -0.39 is 143 Å². The van der Waals surface area contributed by atoms with Gasteiger partial charge in [0.1, 0.15) is 24.1 Å². The molecule has 2 aromatic rings. The molecule has 8 bridgehead atoms. The second-order valence-corrected chi connectivity index (χ2v) is 27.7. The van der Waals surface area contributed by atoms with Gasteiger partial charge in [0.05, 0.1) is 41.7 Å². The molecule has 15 atom stereocenters. The van der Waals surface area contributed by atoms with Crippen molar-refractivity contribution in [3.05, 3.63) is 58.8 Å². The van der Waals surface area contributed by atoms with E-state index in [0.29, 0.717) is 56.4 Å². The minimum atomic E-state index is -5.09. The predicted octanol–water partition coefficient (Wildman–Crippen LogP) is 2.25. The number of aromatic hydroxyl groups is 1. The Balaban J connectivity index is 1.20. The number of rotatable bonds is 26. The highest BCUT2D eigenvalue weighted by atomic mass is 31.2. The number of nitrogens with one attached hydrogen (secondary N) is 2. The second-order valence-electron chi connectivity index (χ2n) is 26.3. The lowest BCUT2D eigenvalue weighted by Gasteiger charge is -2.48. The molecule has 486 valence electrons. The third-order valence-corrected chi connectivity index (χ3v) is 21.1. The first-order chi connectivity index (χ1) is 41.4. The van der Waals surface area contributed by atoms with E-state index in [4.69, 9.17) is 63.2 Å². The number of aliphatic imine (C=N–C) groups is 3. The molecule has 15 unspecified atom stereocenters. The van der Waals surface area contributed by atoms with Gasteiger partial charge in [-0.15, -0.1) is 0 Å². The van der Waals surface area contributed by atoms with E-state index in [0.717, 1.165) is 0 Å². The van der Waals surface area contributed by atoms with Crippen molar-refractivity contribution < 1.29 is 72.1 Å². The number of imidazole rings is 1. The van der Waals surface area contributed by atoms with E-state index >= 15 is 0 Å². The second kappa shape index (κ2) is 25.2. The van der Waals surface area contributed by atoms with Crippen molar-refractivity contribution in [3.63, 3.8) is 0 Å². The summed E-state index contributed by atoms with van der Waals surface area (Å²) in [6.07, 6.45) is -4.72. The zero-order valence-electron chi connectivity index (χ0n) is 51.8. The lowest BCUT2D eigenvalue weighted by molar-refractivity contribution is -0.124. The first kappa shape index (κ1) is 67.7. The molecule has 0 radical (unpaired) electrons. The number of aliphatic hydroxyl groups excluding tert-OH is 2. The number of hydrogen-bond donors (Lipinski definition) is 12. The van der Waals surface area contributed by atoms with Crippen molar-refractivity contribution in [1.29, 1.82) is 0 Å². The van der Waals surface area contributed by atoms with E-state index in [2.05, 4.69) is 15.6 Å². The van der Waals surface area contributed by atoms with Gasteiger partial charge in [0, 0.05) is 137 Å². The van der Waals surface area contributed by atoms with Crippen LogP contribution in [-0.2, 0) is 51.9 Å². The summed E-state index contributed by atoms with van der Waals surface area (Å²) < 4.78 is 31.9. The van der Waals surface area contributed by atoms with Crippen molar-refractivity contribution in [2.75, 3.05) is 13.2 Å². The first-order valence-corrected chi connectivity index (χ1v) is 31.4. The van der Waals surface area contributed by atoms with E-state index in [1.165, 1.54) is 36.0 Å². The number of aliphatic hydroxyl groups is 2. The highest BCUT2D eigenvalue weighted by Crippen LogP contribution is 2.63. The fourth-order valence-corrected chi connectivity index (χ4v) is 16.3. The van der Waals surface area contributed by atoms with E-state index in [1.54, 1.807) is 0 Å². The van der Waals surface area contributed by atoms with Crippen molar-refractivity contribution in [1.82, 2.24) is 20.2 Å². The zero-order valence-corrected chi connectivity index (χ0v) is 52.7. The molecule has 8 rings (SSSR count). The van der Waals surface area contributed by atoms with Crippen LogP contribution in [0.25, 0.3) is 11.0 Å². The molecular weight excluding hydrogens is 1170 g/mol. The quantitative estimate of drug-likeness (QED) is 0.0601. The summed E-state index contributed by atoms with van der Waals surface area (Å²) >= 11 is 0. The summed E-state index contributed by atoms with van der Waals surface area (Å²) in [7, 11) is -5.09. The number of phosphoric ester groups is 1. The maximum absolute atomic E-state index is 14.3. The molecule has 0 spiro atoms. The summed E-state index contributed by atoms with van der Waals surface area (Å²) in [5.74, 6) is -7.31. The highest BCUT2D eigenvalue weighted by molar-refractivity contribution is 7.47. The van der Waals surface area contributed by atoms with Gasteiger partial charge in [-0.25, -0.2) is 9.55 Å². The number of carbonyl (C=O) groups excluding carboxylic acids is 7. The molecule has 29 heteroatoms. The molecule has 89 heavy (non-hydrogen) atoms. The van der Waals surface area contributed by atoms with Gasteiger partial charge < -0.3 is 74.6 Å². The number of phosphoric acid groups is 1. The van der Waals surface area contributed by atoms with Crippen LogP contribution >= 0.6 is 7.82 Å². The number of amides is 7. The van der Waals surface area contributed by atoms with Crippen molar-refractivity contribution in [3.8, 4) is 5.75 Å². The van der Waals surface area contributed by atoms with Crippen molar-refractivity contribution >= 4 is 77.3 Å². The number of carbonyl (C=O) groups is 7. The zero-order chi connectivity index (χ0) is 65.8. The number of ether oxygens (including phenoxy) is 1. The van der Waals surface area contributed by atoms with Crippen LogP contribution in [0.5, 0.6) is 5.75 Å². The predicted molar refractivity (Wildman–Crippen MR) is 326 cm³/mol. The summed E-state index contributed by atoms with van der Waals surface area (Å²) in [6.45, 7) is 15.3. The minimum Gasteiger partial charge on any atom is -0.508 e. The lowest BCUT2D eigenvalue weighted by atomic mass is 9.55. The smallest absolute Gasteiger partial charge is 0.472 e. The highest BCUT2D eigenvalue weighted by Gasteiger charge is 2.66. The molecular formula is C60H86N13O15P. The van der Waals surface area contributed by atoms with Gasteiger partial charge in [-0.2, -0.15) is 0 Å². The van der Waals surface area contributed by atoms with Crippen molar-refractivity contribution in [2.45, 2.75) is 175 Å². The Labute approximate surface area is 515 Å². The van der Waals surface area contributed by atoms with E-state index in [9.17, 15) is 58.3 Å². The number of nitrogens with zero attached hydrogens (tertiary/aromatic N) is 5. The average molecular weight is 1260 g/mol.